The summed E-state index contributed by atoms with van der Waals surface area (Å²) >= 11 is 0. The number of hydrogen-bond donors (Lipinski definition) is 0. The van der Waals surface area contributed by atoms with E-state index in [9.17, 15) is 0 Å². The van der Waals surface area contributed by atoms with E-state index in [2.05, 4.69) is 43.7 Å². The zero-order valence-electron chi connectivity index (χ0n) is 10.4. The van der Waals surface area contributed by atoms with E-state index in [4.69, 9.17) is 5.26 Å². The van der Waals surface area contributed by atoms with Gasteiger partial charge in [-0.2, -0.15) is 5.26 Å². The minimum absolute atomic E-state index is 0.452. The minimum Gasteiger partial charge on any atom is -0.298 e. The third kappa shape index (κ3) is 2.93. The molecule has 0 N–H and O–H groups in total. The van der Waals surface area contributed by atoms with Crippen molar-refractivity contribution >= 4 is 0 Å². The van der Waals surface area contributed by atoms with Crippen molar-refractivity contribution in [2.24, 2.45) is 0 Å². The average Bonchev–Trinajstić information content (AvgIpc) is 2.22. The van der Waals surface area contributed by atoms with Crippen LogP contribution in [0.5, 0.6) is 0 Å². The van der Waals surface area contributed by atoms with E-state index < -0.39 is 0 Å². The van der Waals surface area contributed by atoms with Crippen molar-refractivity contribution in [3.63, 3.8) is 0 Å². The van der Waals surface area contributed by atoms with E-state index in [1.807, 2.05) is 0 Å². The monoisotopic (exact) mass is 209 g/mol. The van der Waals surface area contributed by atoms with Crippen LogP contribution in [0.2, 0.25) is 0 Å². The highest BCUT2D eigenvalue weighted by molar-refractivity contribution is 4.89. The van der Waals surface area contributed by atoms with Crippen LogP contribution in [-0.4, -0.2) is 48.1 Å². The molecule has 1 fully saturated rings. The molecule has 1 rings (SSSR count). The fourth-order valence-electron chi connectivity index (χ4n) is 2.38. The number of rotatable bonds is 3. The number of piperazine rings is 1. The second kappa shape index (κ2) is 5.48. The number of hydrogen-bond acceptors (Lipinski definition) is 3. The molecule has 0 aromatic carbocycles. The van der Waals surface area contributed by atoms with Crippen molar-refractivity contribution in [1.82, 2.24) is 9.80 Å². The minimum atomic E-state index is 0.452. The van der Waals surface area contributed by atoms with Crippen LogP contribution in [-0.2, 0) is 0 Å². The Labute approximate surface area is 93.7 Å². The molecule has 0 radical (unpaired) electrons. The molecule has 1 aliphatic rings. The molecular formula is C12H23N3. The first-order valence-electron chi connectivity index (χ1n) is 5.93. The van der Waals surface area contributed by atoms with Crippen LogP contribution in [0.1, 0.15) is 33.6 Å². The predicted molar refractivity (Wildman–Crippen MR) is 62.6 cm³/mol. The zero-order chi connectivity index (χ0) is 11.4. The highest BCUT2D eigenvalue weighted by Gasteiger charge is 2.29. The van der Waals surface area contributed by atoms with Crippen LogP contribution in [0.3, 0.4) is 0 Å². The van der Waals surface area contributed by atoms with Crippen LogP contribution in [0.4, 0.5) is 0 Å². The summed E-state index contributed by atoms with van der Waals surface area (Å²) in [6.45, 7) is 8.90. The first-order valence-corrected chi connectivity index (χ1v) is 5.93. The van der Waals surface area contributed by atoms with E-state index in [1.54, 1.807) is 0 Å². The van der Waals surface area contributed by atoms with Crippen LogP contribution < -0.4 is 0 Å². The van der Waals surface area contributed by atoms with Crippen molar-refractivity contribution in [1.29, 1.82) is 5.26 Å². The van der Waals surface area contributed by atoms with E-state index in [0.29, 0.717) is 24.5 Å². The molecule has 15 heavy (non-hydrogen) atoms. The summed E-state index contributed by atoms with van der Waals surface area (Å²) in [5.74, 6) is 0. The van der Waals surface area contributed by atoms with Crippen LogP contribution in [0.25, 0.3) is 0 Å². The van der Waals surface area contributed by atoms with Crippen LogP contribution in [0.15, 0.2) is 0 Å². The van der Waals surface area contributed by atoms with Gasteiger partial charge in [0.05, 0.1) is 12.5 Å². The van der Waals surface area contributed by atoms with Gasteiger partial charge < -0.3 is 0 Å². The van der Waals surface area contributed by atoms with Gasteiger partial charge in [-0.05, 0) is 27.3 Å². The van der Waals surface area contributed by atoms with Gasteiger partial charge in [0.25, 0.3) is 0 Å². The van der Waals surface area contributed by atoms with Gasteiger partial charge in [0.1, 0.15) is 0 Å². The Morgan fingerprint density at radius 1 is 1.33 bits per heavy atom. The molecule has 1 saturated heterocycles. The van der Waals surface area contributed by atoms with Crippen molar-refractivity contribution in [3.8, 4) is 6.07 Å². The fourth-order valence-corrected chi connectivity index (χ4v) is 2.38. The van der Waals surface area contributed by atoms with E-state index in [-0.39, 0.29) is 0 Å². The summed E-state index contributed by atoms with van der Waals surface area (Å²) in [5, 5.41) is 8.80. The molecule has 0 spiro atoms. The molecule has 0 aliphatic carbocycles. The summed E-state index contributed by atoms with van der Waals surface area (Å²) < 4.78 is 0. The third-order valence-corrected chi connectivity index (χ3v) is 3.70. The Hall–Kier alpha value is -0.590. The van der Waals surface area contributed by atoms with Crippen LogP contribution >= 0.6 is 0 Å². The summed E-state index contributed by atoms with van der Waals surface area (Å²) in [6.07, 6.45) is 1.75. The lowest BCUT2D eigenvalue weighted by atomic mass is 10.0. The average molecular weight is 209 g/mol. The number of nitrogens with zero attached hydrogens (tertiary/aromatic N) is 3. The Morgan fingerprint density at radius 3 is 2.27 bits per heavy atom. The molecule has 0 aromatic rings. The Bertz CT molecular complexity index is 222. The summed E-state index contributed by atoms with van der Waals surface area (Å²) in [6, 6.07) is 3.95. The largest absolute Gasteiger partial charge is 0.298 e. The molecule has 3 atom stereocenters. The molecule has 1 aliphatic heterocycles. The summed E-state index contributed by atoms with van der Waals surface area (Å²) in [5.41, 5.74) is 0. The molecule has 1 heterocycles. The van der Waals surface area contributed by atoms with Gasteiger partial charge in [-0.3, -0.25) is 9.80 Å². The van der Waals surface area contributed by atoms with Crippen molar-refractivity contribution < 1.29 is 0 Å². The summed E-state index contributed by atoms with van der Waals surface area (Å²) in [7, 11) is 2.19. The van der Waals surface area contributed by atoms with Gasteiger partial charge in [-0.15, -0.1) is 0 Å². The number of nitriles is 1. The van der Waals surface area contributed by atoms with Gasteiger partial charge in [-0.1, -0.05) is 6.92 Å². The fraction of sp³-hybridized carbons (Fsp3) is 0.917. The van der Waals surface area contributed by atoms with E-state index >= 15 is 0 Å². The SMILES string of the molecule is CCC(CC#N)N1CC(C)N(C)C(C)C1. The van der Waals surface area contributed by atoms with Gasteiger partial charge >= 0.3 is 0 Å². The second-order valence-corrected chi connectivity index (χ2v) is 4.74. The number of likely N-dealkylation sites (N-methyl/N-ethyl adjacent to an activating group) is 1. The lowest BCUT2D eigenvalue weighted by Gasteiger charge is -2.45. The molecule has 3 unspecified atom stereocenters. The van der Waals surface area contributed by atoms with Crippen LogP contribution in [0, 0.1) is 11.3 Å². The Morgan fingerprint density at radius 2 is 1.87 bits per heavy atom. The second-order valence-electron chi connectivity index (χ2n) is 4.74. The molecule has 3 heteroatoms. The van der Waals surface area contributed by atoms with Crippen molar-refractivity contribution in [2.45, 2.75) is 51.7 Å². The maximum absolute atomic E-state index is 8.80. The molecular weight excluding hydrogens is 186 g/mol. The van der Waals surface area contributed by atoms with Gasteiger partial charge in [0.2, 0.25) is 0 Å². The quantitative estimate of drug-likeness (QED) is 0.709. The molecule has 0 saturated carbocycles. The van der Waals surface area contributed by atoms with E-state index in [1.165, 1.54) is 0 Å². The highest BCUT2D eigenvalue weighted by Crippen LogP contribution is 2.18. The standard InChI is InChI=1S/C12H23N3/c1-5-12(6-7-13)15-8-10(2)14(4)11(3)9-15/h10-12H,5-6,8-9H2,1-4H3. The Balaban J connectivity index is 2.60. The van der Waals surface area contributed by atoms with Crippen molar-refractivity contribution in [3.05, 3.63) is 0 Å². The molecule has 0 bridgehead atoms. The maximum atomic E-state index is 8.80. The van der Waals surface area contributed by atoms with Gasteiger partial charge in [-0.25, -0.2) is 0 Å². The third-order valence-electron chi connectivity index (χ3n) is 3.70. The molecule has 3 nitrogen and oxygen atoms in total. The lowest BCUT2D eigenvalue weighted by Crippen LogP contribution is -2.57. The summed E-state index contributed by atoms with van der Waals surface area (Å²) in [4.78, 5) is 4.91. The molecule has 0 amide bonds. The maximum Gasteiger partial charge on any atom is 0.0638 e. The van der Waals surface area contributed by atoms with Crippen molar-refractivity contribution in [2.75, 3.05) is 20.1 Å². The normalized spacial score (nSPS) is 31.1. The topological polar surface area (TPSA) is 30.3 Å². The predicted octanol–water partition coefficient (Wildman–Crippen LogP) is 1.70. The highest BCUT2D eigenvalue weighted by atomic mass is 15.3. The first kappa shape index (κ1) is 12.5. The van der Waals surface area contributed by atoms with Gasteiger partial charge in [0.15, 0.2) is 0 Å². The van der Waals surface area contributed by atoms with Gasteiger partial charge in [0, 0.05) is 31.2 Å². The van der Waals surface area contributed by atoms with E-state index in [0.717, 1.165) is 19.5 Å². The molecule has 0 aromatic heterocycles. The molecule has 86 valence electrons. The smallest absolute Gasteiger partial charge is 0.0638 e. The first-order chi connectivity index (χ1) is 7.10. The lowest BCUT2D eigenvalue weighted by molar-refractivity contribution is 0.0336. The zero-order valence-corrected chi connectivity index (χ0v) is 10.4. The Kier molecular flexibility index (Phi) is 4.56.